The number of carbonyl (C=O) groups is 3. The Morgan fingerprint density at radius 2 is 1.68 bits per heavy atom. The Morgan fingerprint density at radius 1 is 1.02 bits per heavy atom. The number of hydrogen-bond donors (Lipinski definition) is 3. The van der Waals surface area contributed by atoms with E-state index in [1.807, 2.05) is 45.0 Å². The van der Waals surface area contributed by atoms with E-state index in [2.05, 4.69) is 41.7 Å². The lowest BCUT2D eigenvalue weighted by atomic mass is 9.77. The number of benzene rings is 2. The van der Waals surface area contributed by atoms with E-state index in [0.29, 0.717) is 37.1 Å². The van der Waals surface area contributed by atoms with Crippen LogP contribution >= 0.6 is 15.9 Å². The second kappa shape index (κ2) is 14.9. The molecule has 0 saturated heterocycles. The van der Waals surface area contributed by atoms with Gasteiger partial charge in [-0.25, -0.2) is 18.6 Å². The highest BCUT2D eigenvalue weighted by atomic mass is 79.9. The molecular weight excluding hydrogens is 636 g/mol. The van der Waals surface area contributed by atoms with Gasteiger partial charge in [-0.2, -0.15) is 5.10 Å². The third kappa shape index (κ3) is 9.93. The van der Waals surface area contributed by atoms with Crippen molar-refractivity contribution < 1.29 is 27.9 Å². The van der Waals surface area contributed by atoms with Crippen LogP contribution in [0.4, 0.5) is 19.3 Å². The fourth-order valence-electron chi connectivity index (χ4n) is 5.25. The lowest BCUT2D eigenvalue weighted by molar-refractivity contribution is -0.129. The maximum absolute atomic E-state index is 13.5. The average Bonchev–Trinajstić information content (AvgIpc) is 3.47. The fraction of sp³-hybridized carbons (Fsp3) is 0.469. The molecule has 0 aliphatic heterocycles. The number of hydrogen-bond acceptors (Lipinski definition) is 6. The number of Topliss-reactive ketones (excluding diaryl/α,β-unsaturated/α-hetero) is 1. The van der Waals surface area contributed by atoms with Crippen molar-refractivity contribution in [2.75, 3.05) is 11.9 Å². The van der Waals surface area contributed by atoms with Gasteiger partial charge in [-0.15, -0.1) is 0 Å². The number of carbonyl (C=O) groups excluding carboxylic acids is 3. The summed E-state index contributed by atoms with van der Waals surface area (Å²) >= 11 is 3.43. The van der Waals surface area contributed by atoms with Crippen molar-refractivity contribution in [1.82, 2.24) is 20.5 Å². The highest BCUT2D eigenvalue weighted by Crippen LogP contribution is 2.31. The van der Waals surface area contributed by atoms with E-state index < -0.39 is 29.9 Å². The monoisotopic (exact) mass is 673 g/mol. The van der Waals surface area contributed by atoms with Gasteiger partial charge < -0.3 is 15.4 Å². The predicted molar refractivity (Wildman–Crippen MR) is 166 cm³/mol. The van der Waals surface area contributed by atoms with Crippen molar-refractivity contribution in [2.24, 2.45) is 17.8 Å². The molecule has 3 aromatic rings. The molecular formula is C32H38BrF2N5O4. The van der Waals surface area contributed by atoms with Gasteiger partial charge in [0.15, 0.2) is 11.6 Å². The molecule has 4 rings (SSSR count). The van der Waals surface area contributed by atoms with E-state index in [1.165, 1.54) is 0 Å². The molecule has 1 atom stereocenters. The minimum Gasteiger partial charge on any atom is -0.444 e. The second-order valence-corrected chi connectivity index (χ2v) is 13.1. The number of amides is 2. The molecule has 236 valence electrons. The van der Waals surface area contributed by atoms with Crippen LogP contribution in [0.15, 0.2) is 53.0 Å². The second-order valence-electron chi connectivity index (χ2n) is 12.2. The summed E-state index contributed by atoms with van der Waals surface area (Å²) in [6.45, 7) is 5.96. The Hall–Kier alpha value is -3.67. The Labute approximate surface area is 264 Å². The normalized spacial score (nSPS) is 17.6. The van der Waals surface area contributed by atoms with Crippen LogP contribution in [0.3, 0.4) is 0 Å². The van der Waals surface area contributed by atoms with Crippen molar-refractivity contribution in [3.05, 3.63) is 64.4 Å². The molecule has 9 nitrogen and oxygen atoms in total. The van der Waals surface area contributed by atoms with Gasteiger partial charge in [0, 0.05) is 40.5 Å². The van der Waals surface area contributed by atoms with Crippen LogP contribution in [-0.2, 0) is 20.7 Å². The van der Waals surface area contributed by atoms with Gasteiger partial charge in [0.1, 0.15) is 11.4 Å². The molecule has 0 radical (unpaired) electrons. The largest absolute Gasteiger partial charge is 0.444 e. The maximum Gasteiger partial charge on any atom is 0.407 e. The molecule has 1 aliphatic rings. The Kier molecular flexibility index (Phi) is 11.2. The molecule has 1 aliphatic carbocycles. The number of nitrogens with zero attached hydrogens (tertiary/aromatic N) is 2. The third-order valence-corrected chi connectivity index (χ3v) is 8.10. The number of halogens is 3. The summed E-state index contributed by atoms with van der Waals surface area (Å²) in [6, 6.07) is 14.2. The van der Waals surface area contributed by atoms with Crippen LogP contribution in [-0.4, -0.2) is 45.1 Å². The number of alkyl halides is 2. The van der Waals surface area contributed by atoms with E-state index >= 15 is 0 Å². The van der Waals surface area contributed by atoms with E-state index in [9.17, 15) is 23.2 Å². The molecule has 44 heavy (non-hydrogen) atoms. The summed E-state index contributed by atoms with van der Waals surface area (Å²) in [5.74, 6) is -1.04. The molecule has 2 aromatic carbocycles. The minimum absolute atomic E-state index is 0.0654. The highest BCUT2D eigenvalue weighted by Gasteiger charge is 2.31. The first-order chi connectivity index (χ1) is 20.9. The first-order valence-corrected chi connectivity index (χ1v) is 15.5. The first-order valence-electron chi connectivity index (χ1n) is 14.7. The van der Waals surface area contributed by atoms with Gasteiger partial charge >= 0.3 is 6.09 Å². The lowest BCUT2D eigenvalue weighted by Gasteiger charge is -2.29. The smallest absolute Gasteiger partial charge is 0.407 e. The molecule has 1 saturated carbocycles. The molecule has 3 N–H and O–H groups in total. The number of alkyl carbamates (subject to hydrolysis) is 1. The van der Waals surface area contributed by atoms with Gasteiger partial charge in [0.25, 0.3) is 6.43 Å². The molecule has 1 aromatic heterocycles. The van der Waals surface area contributed by atoms with Crippen molar-refractivity contribution in [3.8, 4) is 11.4 Å². The molecule has 1 heterocycles. The van der Waals surface area contributed by atoms with Crippen molar-refractivity contribution in [2.45, 2.75) is 71.3 Å². The van der Waals surface area contributed by atoms with Crippen molar-refractivity contribution >= 4 is 39.4 Å². The number of ether oxygens (including phenoxy) is 1. The number of aromatic nitrogens is 3. The van der Waals surface area contributed by atoms with Gasteiger partial charge in [-0.1, -0.05) is 28.1 Å². The average molecular weight is 675 g/mol. The number of anilines is 1. The number of aromatic amines is 1. The summed E-state index contributed by atoms with van der Waals surface area (Å²) in [6.07, 6.45) is 0.356. The quantitative estimate of drug-likeness (QED) is 0.197. The minimum atomic E-state index is -2.75. The van der Waals surface area contributed by atoms with E-state index in [-0.39, 0.29) is 35.8 Å². The first kappa shape index (κ1) is 33.2. The topological polar surface area (TPSA) is 126 Å². The summed E-state index contributed by atoms with van der Waals surface area (Å²) in [5.41, 5.74) is 1.41. The number of rotatable bonds is 11. The van der Waals surface area contributed by atoms with Gasteiger partial charge in [0.05, 0.1) is 0 Å². The zero-order chi connectivity index (χ0) is 31.9. The number of nitrogens with one attached hydrogen (secondary N) is 3. The number of ketones is 1. The van der Waals surface area contributed by atoms with E-state index in [0.717, 1.165) is 22.9 Å². The fourth-order valence-corrected chi connectivity index (χ4v) is 5.51. The summed E-state index contributed by atoms with van der Waals surface area (Å²) in [5, 5.41) is 11.8. The van der Waals surface area contributed by atoms with Crippen molar-refractivity contribution in [3.63, 3.8) is 0 Å². The van der Waals surface area contributed by atoms with Crippen LogP contribution in [0.1, 0.15) is 70.7 Å². The highest BCUT2D eigenvalue weighted by molar-refractivity contribution is 9.10. The zero-order valence-corrected chi connectivity index (χ0v) is 26.6. The van der Waals surface area contributed by atoms with Crippen LogP contribution in [0, 0.1) is 17.8 Å². The standard InChI is InChI=1S/C32H38BrF2N5O4/c1-32(2,3)44-31(43)36-18-20-4-8-21(9-5-20)26(41)17-23(16-19-6-12-24(33)13-7-19)30(42)37-25-14-10-22(11-15-25)28-38-29(27(34)35)40-39-28/h6-7,10-15,20-21,23,27H,4-5,8-9,16-18H2,1-3H3,(H,36,43)(H,37,42)(H,38,39,40). The van der Waals surface area contributed by atoms with Crippen molar-refractivity contribution in [1.29, 1.82) is 0 Å². The van der Waals surface area contributed by atoms with E-state index in [4.69, 9.17) is 4.74 Å². The molecule has 0 spiro atoms. The van der Waals surface area contributed by atoms with Crippen LogP contribution in [0.5, 0.6) is 0 Å². The molecule has 1 unspecified atom stereocenters. The van der Waals surface area contributed by atoms with Crippen LogP contribution in [0.2, 0.25) is 0 Å². The SMILES string of the molecule is CC(C)(C)OC(=O)NCC1CCC(C(=O)CC(Cc2ccc(Br)cc2)C(=O)Nc2ccc(-c3n[nH]c(C(F)F)n3)cc2)CC1. The Morgan fingerprint density at radius 3 is 2.27 bits per heavy atom. The molecule has 2 amide bonds. The predicted octanol–water partition coefficient (Wildman–Crippen LogP) is 7.26. The Bertz CT molecular complexity index is 1420. The zero-order valence-electron chi connectivity index (χ0n) is 25.0. The van der Waals surface area contributed by atoms with Gasteiger partial charge in [0.2, 0.25) is 5.91 Å². The molecule has 0 bridgehead atoms. The van der Waals surface area contributed by atoms with Gasteiger partial charge in [-0.3, -0.25) is 14.7 Å². The third-order valence-electron chi connectivity index (χ3n) is 7.57. The van der Waals surface area contributed by atoms with Gasteiger partial charge in [-0.05, 0) is 101 Å². The lowest BCUT2D eigenvalue weighted by Crippen LogP contribution is -2.37. The van der Waals surface area contributed by atoms with Crippen LogP contribution < -0.4 is 10.6 Å². The Balaban J connectivity index is 1.36. The van der Waals surface area contributed by atoms with E-state index in [1.54, 1.807) is 24.3 Å². The maximum atomic E-state index is 13.5. The molecule has 1 fully saturated rings. The summed E-state index contributed by atoms with van der Waals surface area (Å²) in [4.78, 5) is 42.7. The molecule has 12 heteroatoms. The summed E-state index contributed by atoms with van der Waals surface area (Å²) < 4.78 is 31.9. The summed E-state index contributed by atoms with van der Waals surface area (Å²) in [7, 11) is 0. The van der Waals surface area contributed by atoms with Crippen LogP contribution in [0.25, 0.3) is 11.4 Å². The number of H-pyrrole nitrogens is 1.